The normalized spacial score (nSPS) is 11.1. The van der Waals surface area contributed by atoms with Crippen LogP contribution in [0.25, 0.3) is 10.8 Å². The number of aryl methyl sites for hydroxylation is 1. The fraction of sp³-hybridized carbons (Fsp3) is 0.182. The molecule has 0 radical (unpaired) electrons. The largest absolute Gasteiger partial charge is 0.491 e. The molecule has 0 aliphatic rings. The number of halogens is 1. The molecule has 2 aromatic carbocycles. The van der Waals surface area contributed by atoms with Crippen molar-refractivity contribution >= 4 is 22.4 Å². The van der Waals surface area contributed by atoms with Gasteiger partial charge in [-0.2, -0.15) is 10.1 Å². The SMILES string of the molecule is Cc1cc(Nc2cc3cc(OC(C)C)ccc3c(Oc3ccc(F)cc3)n2)n[nH]1. The van der Waals surface area contributed by atoms with E-state index in [1.807, 2.05) is 51.1 Å². The van der Waals surface area contributed by atoms with Crippen molar-refractivity contribution < 1.29 is 13.9 Å². The number of H-pyrrole nitrogens is 1. The highest BCUT2D eigenvalue weighted by Crippen LogP contribution is 2.33. The molecular weight excluding hydrogens is 371 g/mol. The highest BCUT2D eigenvalue weighted by molar-refractivity contribution is 5.90. The Morgan fingerprint density at radius 2 is 1.72 bits per heavy atom. The Kier molecular flexibility index (Phi) is 5.03. The molecule has 0 fully saturated rings. The molecule has 4 rings (SSSR count). The van der Waals surface area contributed by atoms with Gasteiger partial charge in [-0.3, -0.25) is 5.10 Å². The smallest absolute Gasteiger partial charge is 0.229 e. The van der Waals surface area contributed by atoms with Gasteiger partial charge in [-0.15, -0.1) is 0 Å². The number of nitrogens with zero attached hydrogens (tertiary/aromatic N) is 2. The molecule has 0 aliphatic heterocycles. The number of aromatic nitrogens is 3. The molecule has 4 aromatic rings. The van der Waals surface area contributed by atoms with Gasteiger partial charge in [0.15, 0.2) is 5.82 Å². The predicted molar refractivity (Wildman–Crippen MR) is 111 cm³/mol. The molecule has 148 valence electrons. The summed E-state index contributed by atoms with van der Waals surface area (Å²) >= 11 is 0. The van der Waals surface area contributed by atoms with Gasteiger partial charge >= 0.3 is 0 Å². The third-order valence-electron chi connectivity index (χ3n) is 4.13. The molecule has 2 aromatic heterocycles. The van der Waals surface area contributed by atoms with Gasteiger partial charge in [-0.25, -0.2) is 4.39 Å². The number of anilines is 2. The van der Waals surface area contributed by atoms with E-state index in [-0.39, 0.29) is 11.9 Å². The van der Waals surface area contributed by atoms with Crippen LogP contribution < -0.4 is 14.8 Å². The summed E-state index contributed by atoms with van der Waals surface area (Å²) < 4.78 is 25.0. The van der Waals surface area contributed by atoms with Crippen molar-refractivity contribution in [2.24, 2.45) is 0 Å². The molecule has 0 unspecified atom stereocenters. The molecule has 0 aliphatic carbocycles. The third-order valence-corrected chi connectivity index (χ3v) is 4.13. The second-order valence-corrected chi connectivity index (χ2v) is 6.98. The lowest BCUT2D eigenvalue weighted by Gasteiger charge is -2.14. The fourth-order valence-corrected chi connectivity index (χ4v) is 2.92. The summed E-state index contributed by atoms with van der Waals surface area (Å²) in [6, 6.07) is 15.3. The van der Waals surface area contributed by atoms with E-state index in [9.17, 15) is 4.39 Å². The highest BCUT2D eigenvalue weighted by atomic mass is 19.1. The van der Waals surface area contributed by atoms with Gasteiger partial charge in [-0.05, 0) is 74.7 Å². The van der Waals surface area contributed by atoms with Crippen LogP contribution in [0.1, 0.15) is 19.5 Å². The molecule has 0 saturated heterocycles. The maximum absolute atomic E-state index is 13.2. The van der Waals surface area contributed by atoms with Gasteiger partial charge in [0.05, 0.1) is 6.10 Å². The van der Waals surface area contributed by atoms with E-state index in [1.54, 1.807) is 12.1 Å². The zero-order valence-electron chi connectivity index (χ0n) is 16.4. The number of pyridine rings is 1. The van der Waals surface area contributed by atoms with Crippen molar-refractivity contribution in [3.8, 4) is 17.4 Å². The van der Waals surface area contributed by atoms with Gasteiger partial charge in [0, 0.05) is 17.1 Å². The molecular formula is C22H21FN4O2. The lowest BCUT2D eigenvalue weighted by molar-refractivity contribution is 0.243. The standard InChI is InChI=1S/C22H21FN4O2/c1-13(2)28-18-8-9-19-15(11-18)12-20(24-21-10-14(3)26-27-21)25-22(19)29-17-6-4-16(23)5-7-17/h4-13H,1-3H3,(H2,24,25,26,27). The van der Waals surface area contributed by atoms with Crippen LogP contribution in [-0.4, -0.2) is 21.3 Å². The van der Waals surface area contributed by atoms with E-state index in [0.717, 1.165) is 22.2 Å². The van der Waals surface area contributed by atoms with Crippen LogP contribution in [-0.2, 0) is 0 Å². The molecule has 0 amide bonds. The molecule has 0 atom stereocenters. The zero-order chi connectivity index (χ0) is 20.4. The van der Waals surface area contributed by atoms with E-state index in [1.165, 1.54) is 12.1 Å². The molecule has 2 N–H and O–H groups in total. The van der Waals surface area contributed by atoms with Crippen molar-refractivity contribution in [2.75, 3.05) is 5.32 Å². The molecule has 29 heavy (non-hydrogen) atoms. The summed E-state index contributed by atoms with van der Waals surface area (Å²) in [7, 11) is 0. The van der Waals surface area contributed by atoms with Crippen molar-refractivity contribution in [1.29, 1.82) is 0 Å². The van der Waals surface area contributed by atoms with Gasteiger partial charge in [0.1, 0.15) is 23.1 Å². The fourth-order valence-electron chi connectivity index (χ4n) is 2.92. The van der Waals surface area contributed by atoms with Crippen LogP contribution >= 0.6 is 0 Å². The average Bonchev–Trinajstić information content (AvgIpc) is 3.07. The first-order valence-corrected chi connectivity index (χ1v) is 9.30. The monoisotopic (exact) mass is 392 g/mol. The summed E-state index contributed by atoms with van der Waals surface area (Å²) in [6.07, 6.45) is 0.0637. The summed E-state index contributed by atoms with van der Waals surface area (Å²) in [5.41, 5.74) is 0.934. The van der Waals surface area contributed by atoms with E-state index >= 15 is 0 Å². The number of hydrogen-bond acceptors (Lipinski definition) is 5. The quantitative estimate of drug-likeness (QED) is 0.438. The van der Waals surface area contributed by atoms with Crippen LogP contribution in [0.15, 0.2) is 54.6 Å². The van der Waals surface area contributed by atoms with Gasteiger partial charge in [0.2, 0.25) is 5.88 Å². The number of benzene rings is 2. The number of ether oxygens (including phenoxy) is 2. The molecule has 6 nitrogen and oxygen atoms in total. The number of fused-ring (bicyclic) bond motifs is 1. The number of nitrogens with one attached hydrogen (secondary N) is 2. The average molecular weight is 392 g/mol. The Balaban J connectivity index is 1.76. The number of aromatic amines is 1. The Labute approximate surface area is 167 Å². The van der Waals surface area contributed by atoms with E-state index < -0.39 is 0 Å². The summed E-state index contributed by atoms with van der Waals surface area (Å²) in [4.78, 5) is 4.59. The Bertz CT molecular complexity index is 1140. The third kappa shape index (κ3) is 4.45. The van der Waals surface area contributed by atoms with Crippen LogP contribution in [0.2, 0.25) is 0 Å². The minimum Gasteiger partial charge on any atom is -0.491 e. The van der Waals surface area contributed by atoms with Crippen molar-refractivity contribution in [3.63, 3.8) is 0 Å². The molecule has 0 spiro atoms. The van der Waals surface area contributed by atoms with Gasteiger partial charge in [-0.1, -0.05) is 0 Å². The van der Waals surface area contributed by atoms with Crippen LogP contribution in [0, 0.1) is 12.7 Å². The first kappa shape index (κ1) is 18.7. The van der Waals surface area contributed by atoms with Crippen LogP contribution in [0.5, 0.6) is 17.4 Å². The van der Waals surface area contributed by atoms with Gasteiger partial charge in [0.25, 0.3) is 0 Å². The lowest BCUT2D eigenvalue weighted by atomic mass is 10.1. The molecule has 0 saturated carbocycles. The lowest BCUT2D eigenvalue weighted by Crippen LogP contribution is -2.05. The molecule has 0 bridgehead atoms. The highest BCUT2D eigenvalue weighted by Gasteiger charge is 2.12. The number of rotatable bonds is 6. The van der Waals surface area contributed by atoms with Crippen molar-refractivity contribution in [2.45, 2.75) is 26.9 Å². The number of hydrogen-bond donors (Lipinski definition) is 2. The minimum atomic E-state index is -0.324. The summed E-state index contributed by atoms with van der Waals surface area (Å²) in [6.45, 7) is 5.88. The maximum atomic E-state index is 13.2. The van der Waals surface area contributed by atoms with Crippen molar-refractivity contribution in [1.82, 2.24) is 15.2 Å². The Morgan fingerprint density at radius 3 is 2.41 bits per heavy atom. The minimum absolute atomic E-state index is 0.0637. The summed E-state index contributed by atoms with van der Waals surface area (Å²) in [5.74, 6) is 2.55. The maximum Gasteiger partial charge on any atom is 0.229 e. The van der Waals surface area contributed by atoms with E-state index in [2.05, 4.69) is 20.5 Å². The summed E-state index contributed by atoms with van der Waals surface area (Å²) in [5, 5.41) is 12.0. The second kappa shape index (κ2) is 7.79. The predicted octanol–water partition coefficient (Wildman–Crippen LogP) is 5.73. The topological polar surface area (TPSA) is 72.1 Å². The molecule has 7 heteroatoms. The van der Waals surface area contributed by atoms with Crippen molar-refractivity contribution in [3.05, 3.63) is 66.1 Å². The van der Waals surface area contributed by atoms with Crippen LogP contribution in [0.4, 0.5) is 16.0 Å². The first-order chi connectivity index (χ1) is 14.0. The Hall–Kier alpha value is -3.61. The first-order valence-electron chi connectivity index (χ1n) is 9.30. The van der Waals surface area contributed by atoms with Crippen LogP contribution in [0.3, 0.4) is 0 Å². The van der Waals surface area contributed by atoms with E-state index in [0.29, 0.717) is 23.3 Å². The second-order valence-electron chi connectivity index (χ2n) is 6.98. The zero-order valence-corrected chi connectivity index (χ0v) is 16.4. The Morgan fingerprint density at radius 1 is 0.966 bits per heavy atom. The molecule has 2 heterocycles. The van der Waals surface area contributed by atoms with E-state index in [4.69, 9.17) is 9.47 Å². The van der Waals surface area contributed by atoms with Gasteiger partial charge < -0.3 is 14.8 Å².